The number of esters is 1. The average molecular weight is 328 g/mol. The number of amides is 1. The van der Waals surface area contributed by atoms with Gasteiger partial charge in [-0.15, -0.1) is 0 Å². The van der Waals surface area contributed by atoms with Crippen LogP contribution in [0.1, 0.15) is 40.0 Å². The van der Waals surface area contributed by atoms with E-state index in [4.69, 9.17) is 20.3 Å². The Labute approximate surface area is 137 Å². The van der Waals surface area contributed by atoms with E-state index < -0.39 is 24.2 Å². The SMILES string of the molecule is CCOC(=O)C1=C[C@@H](O[C@H](CC)CCO)[C@H](NC(C)=O)[C@@H](N)C1. The molecular formula is C16H28N2O5. The van der Waals surface area contributed by atoms with Crippen LogP contribution in [0, 0.1) is 0 Å². The molecule has 0 saturated heterocycles. The van der Waals surface area contributed by atoms with Crippen molar-refractivity contribution in [1.29, 1.82) is 0 Å². The zero-order chi connectivity index (χ0) is 17.4. The van der Waals surface area contributed by atoms with Crippen LogP contribution in [-0.2, 0) is 19.1 Å². The highest BCUT2D eigenvalue weighted by Crippen LogP contribution is 2.24. The fourth-order valence-corrected chi connectivity index (χ4v) is 2.65. The molecule has 1 aliphatic rings. The molecule has 0 fully saturated rings. The third-order valence-corrected chi connectivity index (χ3v) is 3.80. The highest BCUT2D eigenvalue weighted by Gasteiger charge is 2.35. The molecule has 132 valence electrons. The molecule has 0 saturated carbocycles. The van der Waals surface area contributed by atoms with E-state index >= 15 is 0 Å². The fourth-order valence-electron chi connectivity index (χ4n) is 2.65. The summed E-state index contributed by atoms with van der Waals surface area (Å²) in [4.78, 5) is 23.4. The Morgan fingerprint density at radius 1 is 1.48 bits per heavy atom. The molecule has 1 aliphatic carbocycles. The molecule has 7 heteroatoms. The minimum Gasteiger partial charge on any atom is -0.463 e. The Kier molecular flexibility index (Phi) is 8.22. The van der Waals surface area contributed by atoms with E-state index in [9.17, 15) is 9.59 Å². The standard InChI is InChI=1S/C16H28N2O5/c1-4-12(6-7-19)23-14-9-11(16(21)22-5-2)8-13(17)15(14)18-10(3)20/h9,12-15,19H,4-8,17H2,1-3H3,(H,18,20)/t12-,13+,14-,15-/m1/s1. The summed E-state index contributed by atoms with van der Waals surface area (Å²) in [6.45, 7) is 5.40. The molecule has 0 radical (unpaired) electrons. The van der Waals surface area contributed by atoms with Crippen LogP contribution < -0.4 is 11.1 Å². The number of rotatable bonds is 8. The first kappa shape index (κ1) is 19.6. The molecule has 0 unspecified atom stereocenters. The van der Waals surface area contributed by atoms with Crippen LogP contribution in [0.25, 0.3) is 0 Å². The zero-order valence-corrected chi connectivity index (χ0v) is 14.1. The molecule has 23 heavy (non-hydrogen) atoms. The van der Waals surface area contributed by atoms with Crippen LogP contribution in [-0.4, -0.2) is 54.5 Å². The monoisotopic (exact) mass is 328 g/mol. The number of carbonyl (C=O) groups is 2. The molecule has 1 rings (SSSR count). The largest absolute Gasteiger partial charge is 0.463 e. The Morgan fingerprint density at radius 3 is 2.70 bits per heavy atom. The van der Waals surface area contributed by atoms with Gasteiger partial charge < -0.3 is 25.6 Å². The Morgan fingerprint density at radius 2 is 2.17 bits per heavy atom. The quantitative estimate of drug-likeness (QED) is 0.551. The molecule has 0 aromatic carbocycles. The number of carbonyl (C=O) groups excluding carboxylic acids is 2. The van der Waals surface area contributed by atoms with Crippen molar-refractivity contribution in [2.24, 2.45) is 5.73 Å². The van der Waals surface area contributed by atoms with Gasteiger partial charge in [-0.3, -0.25) is 4.79 Å². The van der Waals surface area contributed by atoms with Crippen LogP contribution in [0.15, 0.2) is 11.6 Å². The highest BCUT2D eigenvalue weighted by atomic mass is 16.5. The maximum atomic E-state index is 12.0. The van der Waals surface area contributed by atoms with Gasteiger partial charge in [-0.25, -0.2) is 4.79 Å². The summed E-state index contributed by atoms with van der Waals surface area (Å²) in [5, 5.41) is 11.9. The van der Waals surface area contributed by atoms with Crippen LogP contribution in [0.5, 0.6) is 0 Å². The van der Waals surface area contributed by atoms with E-state index in [1.807, 2.05) is 6.92 Å². The number of nitrogens with two attached hydrogens (primary N) is 1. The molecule has 4 atom stereocenters. The number of hydrogen-bond acceptors (Lipinski definition) is 6. The average Bonchev–Trinajstić information content (AvgIpc) is 2.49. The van der Waals surface area contributed by atoms with Crippen molar-refractivity contribution >= 4 is 11.9 Å². The molecule has 0 heterocycles. The minimum absolute atomic E-state index is 0.0104. The van der Waals surface area contributed by atoms with Crippen molar-refractivity contribution in [1.82, 2.24) is 5.32 Å². The molecule has 0 aliphatic heterocycles. The lowest BCUT2D eigenvalue weighted by Crippen LogP contribution is -2.57. The van der Waals surface area contributed by atoms with Gasteiger partial charge in [-0.2, -0.15) is 0 Å². The molecular weight excluding hydrogens is 300 g/mol. The van der Waals surface area contributed by atoms with Gasteiger partial charge in [0.25, 0.3) is 0 Å². The van der Waals surface area contributed by atoms with E-state index in [1.54, 1.807) is 13.0 Å². The normalized spacial score (nSPS) is 25.4. The molecule has 7 nitrogen and oxygen atoms in total. The maximum Gasteiger partial charge on any atom is 0.333 e. The third kappa shape index (κ3) is 5.93. The molecule has 1 amide bonds. The summed E-state index contributed by atoms with van der Waals surface area (Å²) >= 11 is 0. The smallest absolute Gasteiger partial charge is 0.333 e. The topological polar surface area (TPSA) is 111 Å². The predicted molar refractivity (Wildman–Crippen MR) is 85.6 cm³/mol. The van der Waals surface area contributed by atoms with Crippen molar-refractivity contribution in [2.45, 2.75) is 64.3 Å². The lowest BCUT2D eigenvalue weighted by molar-refractivity contribution is -0.139. The van der Waals surface area contributed by atoms with Crippen molar-refractivity contribution < 1.29 is 24.2 Å². The van der Waals surface area contributed by atoms with Gasteiger partial charge in [0.15, 0.2) is 0 Å². The number of aliphatic hydroxyl groups is 1. The van der Waals surface area contributed by atoms with Gasteiger partial charge in [0.2, 0.25) is 5.91 Å². The molecule has 0 bridgehead atoms. The lowest BCUT2D eigenvalue weighted by Gasteiger charge is -2.36. The number of aliphatic hydroxyl groups excluding tert-OH is 1. The summed E-state index contributed by atoms with van der Waals surface area (Å²) in [5.74, 6) is -0.615. The predicted octanol–water partition coefficient (Wildman–Crippen LogP) is 0.258. The summed E-state index contributed by atoms with van der Waals surface area (Å²) in [7, 11) is 0. The minimum atomic E-state index is -0.529. The van der Waals surface area contributed by atoms with Gasteiger partial charge in [0, 0.05) is 25.1 Å². The van der Waals surface area contributed by atoms with Gasteiger partial charge in [0.05, 0.1) is 24.9 Å². The van der Waals surface area contributed by atoms with Crippen LogP contribution in [0.2, 0.25) is 0 Å². The van der Waals surface area contributed by atoms with E-state index in [1.165, 1.54) is 6.92 Å². The second-order valence-corrected chi connectivity index (χ2v) is 5.65. The lowest BCUT2D eigenvalue weighted by atomic mass is 9.88. The third-order valence-electron chi connectivity index (χ3n) is 3.80. The van der Waals surface area contributed by atoms with E-state index in [0.29, 0.717) is 24.8 Å². The second-order valence-electron chi connectivity index (χ2n) is 5.65. The zero-order valence-electron chi connectivity index (χ0n) is 14.1. The van der Waals surface area contributed by atoms with Gasteiger partial charge in [0.1, 0.15) is 0 Å². The van der Waals surface area contributed by atoms with Crippen LogP contribution in [0.4, 0.5) is 0 Å². The molecule has 4 N–H and O–H groups in total. The van der Waals surface area contributed by atoms with Crippen molar-refractivity contribution in [3.05, 3.63) is 11.6 Å². The first-order chi connectivity index (χ1) is 10.9. The molecule has 0 aromatic rings. The van der Waals surface area contributed by atoms with Crippen LogP contribution >= 0.6 is 0 Å². The second kappa shape index (κ2) is 9.64. The fraction of sp³-hybridized carbons (Fsp3) is 0.750. The highest BCUT2D eigenvalue weighted by molar-refractivity contribution is 5.89. The van der Waals surface area contributed by atoms with Crippen LogP contribution in [0.3, 0.4) is 0 Å². The van der Waals surface area contributed by atoms with E-state index in [-0.39, 0.29) is 25.2 Å². The maximum absolute atomic E-state index is 12.0. The Balaban J connectivity index is 2.98. The van der Waals surface area contributed by atoms with E-state index in [2.05, 4.69) is 5.32 Å². The van der Waals surface area contributed by atoms with Crippen molar-refractivity contribution in [2.75, 3.05) is 13.2 Å². The Hall–Kier alpha value is -1.44. The summed E-state index contributed by atoms with van der Waals surface area (Å²) in [6, 6.07) is -0.863. The number of nitrogens with one attached hydrogen (secondary N) is 1. The van der Waals surface area contributed by atoms with Gasteiger partial charge in [-0.1, -0.05) is 6.92 Å². The number of ether oxygens (including phenoxy) is 2. The van der Waals surface area contributed by atoms with Gasteiger partial charge in [-0.05, 0) is 32.3 Å². The Bertz CT molecular complexity index is 438. The van der Waals surface area contributed by atoms with E-state index in [0.717, 1.165) is 0 Å². The first-order valence-corrected chi connectivity index (χ1v) is 8.09. The summed E-state index contributed by atoms with van der Waals surface area (Å²) in [5.41, 5.74) is 6.60. The molecule has 0 spiro atoms. The number of hydrogen-bond donors (Lipinski definition) is 3. The molecule has 0 aromatic heterocycles. The van der Waals surface area contributed by atoms with Crippen molar-refractivity contribution in [3.63, 3.8) is 0 Å². The summed E-state index contributed by atoms with van der Waals surface area (Å²) < 4.78 is 11.0. The first-order valence-electron chi connectivity index (χ1n) is 8.09. The van der Waals surface area contributed by atoms with Crippen molar-refractivity contribution in [3.8, 4) is 0 Å². The summed E-state index contributed by atoms with van der Waals surface area (Å²) in [6.07, 6.45) is 2.49. The van der Waals surface area contributed by atoms with Gasteiger partial charge >= 0.3 is 5.97 Å².